The van der Waals surface area contributed by atoms with Crippen molar-refractivity contribution < 1.29 is 14.2 Å². The molecule has 108 valence electrons. The number of methoxy groups -OCH3 is 1. The first-order valence-electron chi connectivity index (χ1n) is 6.60. The molecule has 0 saturated carbocycles. The van der Waals surface area contributed by atoms with Gasteiger partial charge in [-0.1, -0.05) is 17.7 Å². The number of aliphatic hydroxyl groups excluding tert-OH is 1. The zero-order chi connectivity index (χ0) is 15.0. The molecule has 1 aromatic heterocycles. The second-order valence-corrected chi connectivity index (χ2v) is 6.09. The quantitative estimate of drug-likeness (QED) is 0.775. The Morgan fingerprint density at radius 2 is 1.95 bits per heavy atom. The van der Waals surface area contributed by atoms with Crippen LogP contribution in [0.3, 0.4) is 0 Å². The minimum Gasteiger partial charge on any atom is -0.496 e. The zero-order valence-corrected chi connectivity index (χ0v) is 12.6. The maximum atomic E-state index is 13.3. The van der Waals surface area contributed by atoms with Crippen LogP contribution in [0.1, 0.15) is 22.1 Å². The van der Waals surface area contributed by atoms with Crippen molar-refractivity contribution in [3.05, 3.63) is 64.3 Å². The molecule has 2 aromatic carbocycles. The van der Waals surface area contributed by atoms with E-state index in [2.05, 4.69) is 0 Å². The summed E-state index contributed by atoms with van der Waals surface area (Å²) < 4.78 is 19.4. The van der Waals surface area contributed by atoms with Crippen LogP contribution in [0, 0.1) is 12.7 Å². The van der Waals surface area contributed by atoms with Crippen LogP contribution in [-0.4, -0.2) is 12.2 Å². The molecule has 0 bridgehead atoms. The summed E-state index contributed by atoms with van der Waals surface area (Å²) in [6, 6.07) is 12.2. The van der Waals surface area contributed by atoms with E-state index < -0.39 is 6.10 Å². The SMILES string of the molecule is COc1ccc(C)cc1C(O)c1cc2ccc(F)cc2s1. The highest BCUT2D eigenvalue weighted by atomic mass is 32.1. The number of hydrogen-bond donors (Lipinski definition) is 1. The summed E-state index contributed by atoms with van der Waals surface area (Å²) in [5.41, 5.74) is 1.78. The minimum absolute atomic E-state index is 0.265. The molecule has 3 aromatic rings. The molecule has 2 nitrogen and oxygen atoms in total. The predicted molar refractivity (Wildman–Crippen MR) is 83.6 cm³/mol. The third-order valence-corrected chi connectivity index (χ3v) is 4.60. The Kier molecular flexibility index (Phi) is 3.66. The van der Waals surface area contributed by atoms with E-state index in [9.17, 15) is 9.50 Å². The largest absolute Gasteiger partial charge is 0.496 e. The van der Waals surface area contributed by atoms with Gasteiger partial charge in [0.25, 0.3) is 0 Å². The highest BCUT2D eigenvalue weighted by Crippen LogP contribution is 2.37. The smallest absolute Gasteiger partial charge is 0.125 e. The molecular formula is C17H15FO2S. The number of benzene rings is 2. The minimum atomic E-state index is -0.777. The molecule has 3 rings (SSSR count). The van der Waals surface area contributed by atoms with Crippen molar-refractivity contribution in [3.8, 4) is 5.75 Å². The normalized spacial score (nSPS) is 12.6. The van der Waals surface area contributed by atoms with Gasteiger partial charge in [-0.2, -0.15) is 0 Å². The summed E-state index contributed by atoms with van der Waals surface area (Å²) in [7, 11) is 1.58. The van der Waals surface area contributed by atoms with Crippen molar-refractivity contribution in [3.63, 3.8) is 0 Å². The van der Waals surface area contributed by atoms with Gasteiger partial charge in [-0.25, -0.2) is 4.39 Å². The van der Waals surface area contributed by atoms with Crippen LogP contribution in [0.15, 0.2) is 42.5 Å². The zero-order valence-electron chi connectivity index (χ0n) is 11.8. The molecule has 0 saturated heterocycles. The third kappa shape index (κ3) is 2.64. The van der Waals surface area contributed by atoms with Crippen LogP contribution in [-0.2, 0) is 0 Å². The molecule has 1 atom stereocenters. The van der Waals surface area contributed by atoms with Crippen molar-refractivity contribution in [2.45, 2.75) is 13.0 Å². The molecular weight excluding hydrogens is 287 g/mol. The number of fused-ring (bicyclic) bond motifs is 1. The van der Waals surface area contributed by atoms with E-state index in [-0.39, 0.29) is 5.82 Å². The Labute approximate surface area is 126 Å². The summed E-state index contributed by atoms with van der Waals surface area (Å²) in [5, 5.41) is 11.6. The van der Waals surface area contributed by atoms with Crippen molar-refractivity contribution in [2.24, 2.45) is 0 Å². The van der Waals surface area contributed by atoms with Crippen LogP contribution in [0.4, 0.5) is 4.39 Å². The Hall–Kier alpha value is -1.91. The lowest BCUT2D eigenvalue weighted by atomic mass is 10.0. The highest BCUT2D eigenvalue weighted by Gasteiger charge is 2.18. The van der Waals surface area contributed by atoms with Gasteiger partial charge < -0.3 is 9.84 Å². The van der Waals surface area contributed by atoms with Crippen molar-refractivity contribution in [1.82, 2.24) is 0 Å². The average Bonchev–Trinajstić information content (AvgIpc) is 2.89. The van der Waals surface area contributed by atoms with Gasteiger partial charge >= 0.3 is 0 Å². The number of hydrogen-bond acceptors (Lipinski definition) is 3. The Morgan fingerprint density at radius 3 is 2.71 bits per heavy atom. The van der Waals surface area contributed by atoms with Gasteiger partial charge in [-0.3, -0.25) is 0 Å². The molecule has 0 amide bonds. The summed E-state index contributed by atoms with van der Waals surface area (Å²) in [5.74, 6) is 0.385. The standard InChI is InChI=1S/C17H15FO2S/c1-10-3-6-14(20-2)13(7-10)17(19)16-8-11-4-5-12(18)9-15(11)21-16/h3-9,17,19H,1-2H3. The maximum Gasteiger partial charge on any atom is 0.125 e. The molecule has 1 unspecified atom stereocenters. The van der Waals surface area contributed by atoms with Crippen LogP contribution < -0.4 is 4.74 Å². The number of thiophene rings is 1. The van der Waals surface area contributed by atoms with Crippen LogP contribution in [0.25, 0.3) is 10.1 Å². The Bertz CT molecular complexity index is 795. The first-order chi connectivity index (χ1) is 10.1. The van der Waals surface area contributed by atoms with Gasteiger partial charge in [0.2, 0.25) is 0 Å². The second kappa shape index (κ2) is 5.47. The molecule has 0 radical (unpaired) electrons. The Balaban J connectivity index is 2.07. The summed E-state index contributed by atoms with van der Waals surface area (Å²) in [6.45, 7) is 1.97. The van der Waals surface area contributed by atoms with Crippen molar-refractivity contribution >= 4 is 21.4 Å². The van der Waals surface area contributed by atoms with Crippen LogP contribution in [0.5, 0.6) is 5.75 Å². The van der Waals surface area contributed by atoms with E-state index in [1.54, 1.807) is 13.2 Å². The average molecular weight is 302 g/mol. The predicted octanol–water partition coefficient (Wildman–Crippen LogP) is 4.44. The molecule has 1 heterocycles. The third-order valence-electron chi connectivity index (χ3n) is 3.45. The molecule has 21 heavy (non-hydrogen) atoms. The van der Waals surface area contributed by atoms with Gasteiger partial charge in [0, 0.05) is 15.1 Å². The lowest BCUT2D eigenvalue weighted by Gasteiger charge is -2.14. The fourth-order valence-corrected chi connectivity index (χ4v) is 3.48. The van der Waals surface area contributed by atoms with Gasteiger partial charge in [0.05, 0.1) is 7.11 Å². The fraction of sp³-hybridized carbons (Fsp3) is 0.176. The Morgan fingerprint density at radius 1 is 1.14 bits per heavy atom. The van der Waals surface area contributed by atoms with Crippen LogP contribution in [0.2, 0.25) is 0 Å². The highest BCUT2D eigenvalue weighted by molar-refractivity contribution is 7.19. The number of aliphatic hydroxyl groups is 1. The number of halogens is 1. The first kappa shape index (κ1) is 14.0. The van der Waals surface area contributed by atoms with E-state index in [0.29, 0.717) is 5.75 Å². The number of rotatable bonds is 3. The van der Waals surface area contributed by atoms with Crippen molar-refractivity contribution in [1.29, 1.82) is 0 Å². The molecule has 0 spiro atoms. The van der Waals surface area contributed by atoms with Gasteiger partial charge in [0.1, 0.15) is 17.7 Å². The number of ether oxygens (including phenoxy) is 1. The van der Waals surface area contributed by atoms with E-state index in [1.807, 2.05) is 31.2 Å². The molecule has 0 fully saturated rings. The summed E-state index contributed by atoms with van der Waals surface area (Å²) >= 11 is 1.39. The van der Waals surface area contributed by atoms with Gasteiger partial charge in [-0.15, -0.1) is 11.3 Å². The molecule has 0 aliphatic rings. The van der Waals surface area contributed by atoms with E-state index in [0.717, 1.165) is 26.1 Å². The monoisotopic (exact) mass is 302 g/mol. The lowest BCUT2D eigenvalue weighted by Crippen LogP contribution is -2.01. The molecule has 0 aliphatic carbocycles. The molecule has 1 N–H and O–H groups in total. The van der Waals surface area contributed by atoms with Crippen LogP contribution >= 0.6 is 11.3 Å². The van der Waals surface area contributed by atoms with E-state index in [4.69, 9.17) is 4.74 Å². The summed E-state index contributed by atoms with van der Waals surface area (Å²) in [4.78, 5) is 0.777. The van der Waals surface area contributed by atoms with E-state index >= 15 is 0 Å². The fourth-order valence-electron chi connectivity index (χ4n) is 2.38. The first-order valence-corrected chi connectivity index (χ1v) is 7.42. The number of aryl methyl sites for hydroxylation is 1. The van der Waals surface area contributed by atoms with Gasteiger partial charge in [0.15, 0.2) is 0 Å². The lowest BCUT2D eigenvalue weighted by molar-refractivity contribution is 0.218. The summed E-state index contributed by atoms with van der Waals surface area (Å²) in [6.07, 6.45) is -0.777. The molecule has 0 aliphatic heterocycles. The van der Waals surface area contributed by atoms with Gasteiger partial charge in [-0.05, 0) is 42.6 Å². The molecule has 4 heteroatoms. The van der Waals surface area contributed by atoms with Crippen molar-refractivity contribution in [2.75, 3.05) is 7.11 Å². The van der Waals surface area contributed by atoms with E-state index in [1.165, 1.54) is 23.5 Å². The maximum absolute atomic E-state index is 13.3. The topological polar surface area (TPSA) is 29.5 Å². The second-order valence-electron chi connectivity index (χ2n) is 4.98.